The van der Waals surface area contributed by atoms with E-state index in [2.05, 4.69) is 0 Å². The Morgan fingerprint density at radius 1 is 1.60 bits per heavy atom. The van der Waals surface area contributed by atoms with Crippen molar-refractivity contribution in [3.63, 3.8) is 0 Å². The van der Waals surface area contributed by atoms with Crippen molar-refractivity contribution in [2.75, 3.05) is 19.1 Å². The number of hydrogen-bond donors (Lipinski definition) is 0. The zero-order chi connectivity index (χ0) is 7.40. The summed E-state index contributed by atoms with van der Waals surface area (Å²) in [5.41, 5.74) is 1.09. The van der Waals surface area contributed by atoms with Crippen LogP contribution in [0.2, 0.25) is 0 Å². The van der Waals surface area contributed by atoms with Crippen LogP contribution in [0.1, 0.15) is 6.92 Å². The fourth-order valence-electron chi connectivity index (χ4n) is 0.750. The highest BCUT2D eigenvalue weighted by Gasteiger charge is 2.20. The van der Waals surface area contributed by atoms with Gasteiger partial charge in [0.05, 0.1) is 13.2 Å². The van der Waals surface area contributed by atoms with Gasteiger partial charge in [-0.1, -0.05) is 11.5 Å². The molecule has 10 heavy (non-hydrogen) atoms. The Kier molecular flexibility index (Phi) is 3.26. The van der Waals surface area contributed by atoms with Crippen molar-refractivity contribution in [2.24, 2.45) is 0 Å². The summed E-state index contributed by atoms with van der Waals surface area (Å²) in [6, 6.07) is 0. The van der Waals surface area contributed by atoms with E-state index >= 15 is 0 Å². The number of rotatable bonds is 2. The summed E-state index contributed by atoms with van der Waals surface area (Å²) in [5, 5.41) is 0. The maximum absolute atomic E-state index is 5.55. The van der Waals surface area contributed by atoms with E-state index in [9.17, 15) is 0 Å². The van der Waals surface area contributed by atoms with Gasteiger partial charge in [-0.2, -0.15) is 0 Å². The van der Waals surface area contributed by atoms with Crippen LogP contribution < -0.4 is 0 Å². The lowest BCUT2D eigenvalue weighted by Gasteiger charge is -1.97. The van der Waals surface area contributed by atoms with Crippen LogP contribution in [-0.2, 0) is 9.31 Å². The Morgan fingerprint density at radius 3 is 2.70 bits per heavy atom. The summed E-state index contributed by atoms with van der Waals surface area (Å²) in [6.07, 6.45) is 0. The van der Waals surface area contributed by atoms with Crippen LogP contribution in [0.25, 0.3) is 0 Å². The molecule has 0 spiro atoms. The smallest absolute Gasteiger partial charge is 0.405 e. The van der Waals surface area contributed by atoms with E-state index in [4.69, 9.17) is 20.9 Å². The average Bonchev–Trinajstić information content (AvgIpc) is 2.40. The van der Waals surface area contributed by atoms with E-state index in [1.165, 1.54) is 0 Å². The van der Waals surface area contributed by atoms with Crippen molar-refractivity contribution < 1.29 is 9.31 Å². The molecule has 1 rings (SSSR count). The number of halogens is 1. The highest BCUT2D eigenvalue weighted by molar-refractivity contribution is 6.51. The molecule has 56 valence electrons. The minimum atomic E-state index is -0.154. The third kappa shape index (κ3) is 2.33. The number of hydrogen-bond acceptors (Lipinski definition) is 2. The molecule has 0 unspecified atom stereocenters. The summed E-state index contributed by atoms with van der Waals surface area (Å²) in [4.78, 5) is 0. The van der Waals surface area contributed by atoms with Crippen LogP contribution in [0.5, 0.6) is 0 Å². The maximum Gasteiger partial charge on any atom is 0.486 e. The van der Waals surface area contributed by atoms with Gasteiger partial charge < -0.3 is 9.31 Å². The second-order valence-corrected chi connectivity index (χ2v) is 2.52. The molecular formula is C6H10BClO2. The lowest BCUT2D eigenvalue weighted by molar-refractivity contribution is 0.365. The predicted octanol–water partition coefficient (Wildman–Crippen LogP) is 1.25. The highest BCUT2D eigenvalue weighted by Crippen LogP contribution is 2.04. The second-order valence-electron chi connectivity index (χ2n) is 2.26. The van der Waals surface area contributed by atoms with Gasteiger partial charge in [0.15, 0.2) is 0 Å². The van der Waals surface area contributed by atoms with Crippen LogP contribution in [-0.4, -0.2) is 26.2 Å². The van der Waals surface area contributed by atoms with E-state index < -0.39 is 0 Å². The quantitative estimate of drug-likeness (QED) is 0.447. The molecule has 1 heterocycles. The van der Waals surface area contributed by atoms with Crippen LogP contribution in [0, 0.1) is 0 Å². The molecule has 1 aliphatic heterocycles. The maximum atomic E-state index is 5.55. The normalized spacial score (nSPS) is 20.2. The minimum absolute atomic E-state index is 0.154. The molecule has 0 atom stereocenters. The lowest BCUT2D eigenvalue weighted by Crippen LogP contribution is -2.11. The second kappa shape index (κ2) is 4.01. The first kappa shape index (κ1) is 8.11. The summed E-state index contributed by atoms with van der Waals surface area (Å²) in [7, 11) is -0.154. The molecule has 0 saturated carbocycles. The zero-order valence-electron chi connectivity index (χ0n) is 5.97. The molecule has 0 radical (unpaired) electrons. The molecule has 0 aromatic rings. The largest absolute Gasteiger partial charge is 0.486 e. The molecule has 1 aliphatic rings. The van der Waals surface area contributed by atoms with Crippen LogP contribution in [0.15, 0.2) is 11.5 Å². The van der Waals surface area contributed by atoms with E-state index in [0.717, 1.165) is 5.57 Å². The minimum Gasteiger partial charge on any atom is -0.405 e. The summed E-state index contributed by atoms with van der Waals surface area (Å²) in [5.74, 6) is 2.45. The molecular weight excluding hydrogens is 150 g/mol. The van der Waals surface area contributed by atoms with Gasteiger partial charge in [-0.05, 0) is 6.92 Å². The number of allylic oxidation sites excluding steroid dienone is 1. The van der Waals surface area contributed by atoms with Gasteiger partial charge in [-0.15, -0.1) is 11.6 Å². The fraction of sp³-hybridized carbons (Fsp3) is 0.667. The van der Waals surface area contributed by atoms with Crippen molar-refractivity contribution in [1.82, 2.24) is 0 Å². The van der Waals surface area contributed by atoms with Gasteiger partial charge in [0.25, 0.3) is 0 Å². The Labute approximate surface area is 66.3 Å². The standard InChI is InChI=1S/C6H10BClO2/c1-6(5-8)4-7-9-2-3-10-7/h4H,2-3,5H2,1H3. The first-order valence-corrected chi connectivity index (χ1v) is 3.83. The summed E-state index contributed by atoms with van der Waals surface area (Å²) in [6.45, 7) is 3.34. The molecule has 1 fully saturated rings. The van der Waals surface area contributed by atoms with E-state index in [-0.39, 0.29) is 7.12 Å². The molecule has 2 nitrogen and oxygen atoms in total. The molecule has 0 aliphatic carbocycles. The molecule has 1 saturated heterocycles. The molecule has 0 N–H and O–H groups in total. The van der Waals surface area contributed by atoms with Gasteiger partial charge in [0.2, 0.25) is 0 Å². The predicted molar refractivity (Wildman–Crippen MR) is 42.1 cm³/mol. The number of alkyl halides is 1. The zero-order valence-corrected chi connectivity index (χ0v) is 6.73. The molecule has 0 aromatic heterocycles. The molecule has 0 amide bonds. The van der Waals surface area contributed by atoms with Crippen LogP contribution >= 0.6 is 11.6 Å². The first-order valence-electron chi connectivity index (χ1n) is 3.29. The van der Waals surface area contributed by atoms with Crippen molar-refractivity contribution in [3.8, 4) is 0 Å². The Morgan fingerprint density at radius 2 is 2.20 bits per heavy atom. The van der Waals surface area contributed by atoms with Gasteiger partial charge in [0.1, 0.15) is 0 Å². The Balaban J connectivity index is 2.34. The van der Waals surface area contributed by atoms with Crippen LogP contribution in [0.4, 0.5) is 0 Å². The van der Waals surface area contributed by atoms with Crippen molar-refractivity contribution in [3.05, 3.63) is 11.5 Å². The van der Waals surface area contributed by atoms with Gasteiger partial charge in [-0.3, -0.25) is 0 Å². The summed E-state index contributed by atoms with van der Waals surface area (Å²) >= 11 is 5.55. The highest BCUT2D eigenvalue weighted by atomic mass is 35.5. The lowest BCUT2D eigenvalue weighted by atomic mass is 9.88. The van der Waals surface area contributed by atoms with E-state index in [1.54, 1.807) is 0 Å². The third-order valence-corrected chi connectivity index (χ3v) is 1.70. The van der Waals surface area contributed by atoms with E-state index in [0.29, 0.717) is 19.1 Å². The van der Waals surface area contributed by atoms with Gasteiger partial charge in [0, 0.05) is 5.88 Å². The third-order valence-electron chi connectivity index (χ3n) is 1.28. The molecule has 0 aromatic carbocycles. The topological polar surface area (TPSA) is 18.5 Å². The van der Waals surface area contributed by atoms with Crippen molar-refractivity contribution >= 4 is 18.7 Å². The average molecular weight is 160 g/mol. The molecule has 0 bridgehead atoms. The Hall–Kier alpha value is 0.0149. The van der Waals surface area contributed by atoms with Gasteiger partial charge >= 0.3 is 7.12 Å². The van der Waals surface area contributed by atoms with Crippen LogP contribution in [0.3, 0.4) is 0 Å². The van der Waals surface area contributed by atoms with Crippen molar-refractivity contribution in [1.29, 1.82) is 0 Å². The first-order chi connectivity index (χ1) is 4.83. The fourth-order valence-corrected chi connectivity index (χ4v) is 0.839. The molecule has 4 heteroatoms. The summed E-state index contributed by atoms with van der Waals surface area (Å²) < 4.78 is 10.3. The Bertz CT molecular complexity index is 132. The van der Waals surface area contributed by atoms with E-state index in [1.807, 2.05) is 12.9 Å². The monoisotopic (exact) mass is 160 g/mol. The van der Waals surface area contributed by atoms with Crippen molar-refractivity contribution in [2.45, 2.75) is 6.92 Å². The SMILES string of the molecule is CC(=CB1OCCO1)CCl. The van der Waals surface area contributed by atoms with Gasteiger partial charge in [-0.25, -0.2) is 0 Å².